The van der Waals surface area contributed by atoms with E-state index in [1.54, 1.807) is 36.2 Å². The van der Waals surface area contributed by atoms with Crippen molar-refractivity contribution in [2.24, 2.45) is 11.7 Å². The van der Waals surface area contributed by atoms with Gasteiger partial charge >= 0.3 is 0 Å². The lowest BCUT2D eigenvalue weighted by molar-refractivity contribution is -0.140. The SMILES string of the molecule is CN1C(=O)CCC(C(=O)Nc2ccc(OCCN)cc2)C1c1ccccc1.Cl. The molecule has 28 heavy (non-hydrogen) atoms. The number of anilines is 1. The Morgan fingerprint density at radius 1 is 1.18 bits per heavy atom. The molecular weight excluding hydrogens is 378 g/mol. The van der Waals surface area contributed by atoms with E-state index in [-0.39, 0.29) is 36.2 Å². The number of hydrogen-bond donors (Lipinski definition) is 2. The highest BCUT2D eigenvalue weighted by Crippen LogP contribution is 2.36. The molecule has 2 amide bonds. The first-order valence-corrected chi connectivity index (χ1v) is 9.14. The molecule has 2 aromatic rings. The Labute approximate surface area is 171 Å². The Balaban J connectivity index is 0.00000280. The van der Waals surface area contributed by atoms with E-state index < -0.39 is 0 Å². The van der Waals surface area contributed by atoms with Gasteiger partial charge in [0.05, 0.1) is 12.0 Å². The Bertz CT molecular complexity index is 783. The molecule has 3 rings (SSSR count). The van der Waals surface area contributed by atoms with Crippen molar-refractivity contribution in [1.29, 1.82) is 0 Å². The van der Waals surface area contributed by atoms with Gasteiger partial charge in [-0.3, -0.25) is 9.59 Å². The number of nitrogens with two attached hydrogens (primary N) is 1. The standard InChI is InChI=1S/C21H25N3O3.ClH/c1-24-19(25)12-11-18(20(24)15-5-3-2-4-6-15)21(26)23-16-7-9-17(10-8-16)27-14-13-22;/h2-10,18,20H,11-14,22H2,1H3,(H,23,26);1H. The molecule has 150 valence electrons. The van der Waals surface area contributed by atoms with Gasteiger partial charge in [0.15, 0.2) is 0 Å². The molecule has 2 unspecified atom stereocenters. The second kappa shape index (κ2) is 10.1. The fourth-order valence-electron chi connectivity index (χ4n) is 3.47. The van der Waals surface area contributed by atoms with Gasteiger partial charge in [0, 0.05) is 25.7 Å². The predicted octanol–water partition coefficient (Wildman–Crippen LogP) is 2.99. The minimum atomic E-state index is -0.303. The minimum Gasteiger partial charge on any atom is -0.492 e. The van der Waals surface area contributed by atoms with Crippen molar-refractivity contribution in [2.75, 3.05) is 25.5 Å². The summed E-state index contributed by atoms with van der Waals surface area (Å²) in [6.07, 6.45) is 0.913. The number of amides is 2. The van der Waals surface area contributed by atoms with Crippen LogP contribution in [0.4, 0.5) is 5.69 Å². The zero-order valence-electron chi connectivity index (χ0n) is 15.8. The number of carbonyl (C=O) groups excluding carboxylic acids is 2. The lowest BCUT2D eigenvalue weighted by Crippen LogP contribution is -2.44. The first-order chi connectivity index (χ1) is 13.1. The van der Waals surface area contributed by atoms with Gasteiger partial charge in [-0.1, -0.05) is 30.3 Å². The van der Waals surface area contributed by atoms with Crippen molar-refractivity contribution in [2.45, 2.75) is 18.9 Å². The summed E-state index contributed by atoms with van der Waals surface area (Å²) in [4.78, 5) is 26.9. The number of halogens is 1. The average molecular weight is 404 g/mol. The van der Waals surface area contributed by atoms with Crippen LogP contribution < -0.4 is 15.8 Å². The van der Waals surface area contributed by atoms with Crippen LogP contribution in [0, 0.1) is 5.92 Å². The highest BCUT2D eigenvalue weighted by Gasteiger charge is 2.38. The Morgan fingerprint density at radius 2 is 1.86 bits per heavy atom. The smallest absolute Gasteiger partial charge is 0.229 e. The van der Waals surface area contributed by atoms with Crippen LogP contribution in [-0.4, -0.2) is 36.9 Å². The predicted molar refractivity (Wildman–Crippen MR) is 112 cm³/mol. The maximum atomic E-state index is 13.0. The number of nitrogens with one attached hydrogen (secondary N) is 1. The number of rotatable bonds is 6. The van der Waals surface area contributed by atoms with Crippen molar-refractivity contribution in [1.82, 2.24) is 4.90 Å². The normalized spacial score (nSPS) is 18.9. The third-order valence-electron chi connectivity index (χ3n) is 4.85. The first kappa shape index (κ1) is 21.7. The van der Waals surface area contributed by atoms with E-state index in [2.05, 4.69) is 5.32 Å². The van der Waals surface area contributed by atoms with Gasteiger partial charge in [0.25, 0.3) is 0 Å². The zero-order valence-corrected chi connectivity index (χ0v) is 16.7. The molecule has 3 N–H and O–H groups in total. The van der Waals surface area contributed by atoms with Gasteiger partial charge < -0.3 is 20.7 Å². The number of hydrogen-bond acceptors (Lipinski definition) is 4. The van der Waals surface area contributed by atoms with E-state index in [0.29, 0.717) is 37.4 Å². The number of carbonyl (C=O) groups is 2. The third kappa shape index (κ3) is 5.03. The molecule has 6 nitrogen and oxygen atoms in total. The van der Waals surface area contributed by atoms with Crippen molar-refractivity contribution >= 4 is 29.9 Å². The molecule has 0 saturated carbocycles. The van der Waals surface area contributed by atoms with Crippen LogP contribution >= 0.6 is 12.4 Å². The lowest BCUT2D eigenvalue weighted by atomic mass is 9.84. The lowest BCUT2D eigenvalue weighted by Gasteiger charge is -2.38. The van der Waals surface area contributed by atoms with E-state index >= 15 is 0 Å². The van der Waals surface area contributed by atoms with E-state index in [0.717, 1.165) is 5.56 Å². The van der Waals surface area contributed by atoms with Gasteiger partial charge in [-0.05, 0) is 36.2 Å². The molecule has 2 atom stereocenters. The molecule has 0 aliphatic carbocycles. The molecule has 1 saturated heterocycles. The fourth-order valence-corrected chi connectivity index (χ4v) is 3.47. The number of likely N-dealkylation sites (tertiary alicyclic amines) is 1. The second-order valence-corrected chi connectivity index (χ2v) is 6.66. The van der Waals surface area contributed by atoms with Crippen LogP contribution in [0.25, 0.3) is 0 Å². The third-order valence-corrected chi connectivity index (χ3v) is 4.85. The van der Waals surface area contributed by atoms with Gasteiger partial charge in [-0.15, -0.1) is 12.4 Å². The van der Waals surface area contributed by atoms with Crippen molar-refractivity contribution < 1.29 is 14.3 Å². The molecular formula is C21H26ClN3O3. The van der Waals surface area contributed by atoms with Crippen molar-refractivity contribution in [3.05, 3.63) is 60.2 Å². The molecule has 1 aliphatic rings. The molecule has 1 aliphatic heterocycles. The monoisotopic (exact) mass is 403 g/mol. The molecule has 0 radical (unpaired) electrons. The Morgan fingerprint density at radius 3 is 2.50 bits per heavy atom. The molecule has 0 spiro atoms. The first-order valence-electron chi connectivity index (χ1n) is 9.14. The summed E-state index contributed by atoms with van der Waals surface area (Å²) in [5, 5.41) is 2.97. The zero-order chi connectivity index (χ0) is 19.2. The summed E-state index contributed by atoms with van der Waals surface area (Å²) >= 11 is 0. The van der Waals surface area contributed by atoms with Crippen LogP contribution in [0.3, 0.4) is 0 Å². The Hall–Kier alpha value is -2.57. The highest BCUT2D eigenvalue weighted by molar-refractivity contribution is 5.94. The topological polar surface area (TPSA) is 84.7 Å². The van der Waals surface area contributed by atoms with Crippen LogP contribution in [-0.2, 0) is 9.59 Å². The van der Waals surface area contributed by atoms with Gasteiger partial charge in [0.2, 0.25) is 11.8 Å². The van der Waals surface area contributed by atoms with E-state index in [9.17, 15) is 9.59 Å². The number of nitrogens with zero attached hydrogens (tertiary/aromatic N) is 1. The quantitative estimate of drug-likeness (QED) is 0.776. The fraction of sp³-hybridized carbons (Fsp3) is 0.333. The summed E-state index contributed by atoms with van der Waals surface area (Å²) in [7, 11) is 1.77. The van der Waals surface area contributed by atoms with Gasteiger partial charge in [0.1, 0.15) is 12.4 Å². The second-order valence-electron chi connectivity index (χ2n) is 6.66. The van der Waals surface area contributed by atoms with Crippen molar-refractivity contribution in [3.8, 4) is 5.75 Å². The number of benzene rings is 2. The number of ether oxygens (including phenoxy) is 1. The van der Waals surface area contributed by atoms with E-state index in [1.807, 2.05) is 30.3 Å². The summed E-state index contributed by atoms with van der Waals surface area (Å²) in [6, 6.07) is 16.7. The molecule has 2 aromatic carbocycles. The summed E-state index contributed by atoms with van der Waals surface area (Å²) in [5.41, 5.74) is 7.10. The van der Waals surface area contributed by atoms with Crippen LogP contribution in [0.5, 0.6) is 5.75 Å². The summed E-state index contributed by atoms with van der Waals surface area (Å²) in [5.74, 6) is 0.389. The van der Waals surface area contributed by atoms with Crippen LogP contribution in [0.2, 0.25) is 0 Å². The number of piperidine rings is 1. The average Bonchev–Trinajstić information content (AvgIpc) is 2.70. The van der Waals surface area contributed by atoms with E-state index in [1.165, 1.54) is 0 Å². The van der Waals surface area contributed by atoms with Crippen LogP contribution in [0.1, 0.15) is 24.4 Å². The molecule has 0 bridgehead atoms. The molecule has 7 heteroatoms. The van der Waals surface area contributed by atoms with Gasteiger partial charge in [-0.2, -0.15) is 0 Å². The maximum absolute atomic E-state index is 13.0. The Kier molecular flexibility index (Phi) is 7.84. The summed E-state index contributed by atoms with van der Waals surface area (Å²) < 4.78 is 5.45. The van der Waals surface area contributed by atoms with Gasteiger partial charge in [-0.25, -0.2) is 0 Å². The van der Waals surface area contributed by atoms with E-state index in [4.69, 9.17) is 10.5 Å². The molecule has 1 fully saturated rings. The molecule has 0 aromatic heterocycles. The van der Waals surface area contributed by atoms with Crippen molar-refractivity contribution in [3.63, 3.8) is 0 Å². The van der Waals surface area contributed by atoms with Crippen LogP contribution in [0.15, 0.2) is 54.6 Å². The minimum absolute atomic E-state index is 0. The molecule has 1 heterocycles. The highest BCUT2D eigenvalue weighted by atomic mass is 35.5. The maximum Gasteiger partial charge on any atom is 0.229 e. The summed E-state index contributed by atoms with van der Waals surface area (Å²) in [6.45, 7) is 0.903. The largest absolute Gasteiger partial charge is 0.492 e.